The normalized spacial score (nSPS) is 12.8. The lowest BCUT2D eigenvalue weighted by molar-refractivity contribution is -0.113. The van der Waals surface area contributed by atoms with Gasteiger partial charge in [0.25, 0.3) is 5.91 Å². The van der Waals surface area contributed by atoms with Crippen molar-refractivity contribution in [1.82, 2.24) is 15.5 Å². The first-order valence-electron chi connectivity index (χ1n) is 10.0. The number of anilines is 2. The Labute approximate surface area is 193 Å². The largest absolute Gasteiger partial charge is 0.363 e. The van der Waals surface area contributed by atoms with Crippen molar-refractivity contribution in [2.45, 2.75) is 36.6 Å². The molecule has 0 radical (unpaired) electrons. The molecule has 162 valence electrons. The fraction of sp³-hybridized carbons (Fsp3) is 0.333. The van der Waals surface area contributed by atoms with Gasteiger partial charge in [-0.1, -0.05) is 53.4 Å². The number of aryl methyl sites for hydroxylation is 1. The van der Waals surface area contributed by atoms with Crippen molar-refractivity contribution in [2.24, 2.45) is 0 Å². The van der Waals surface area contributed by atoms with Crippen molar-refractivity contribution in [3.05, 3.63) is 51.9 Å². The summed E-state index contributed by atoms with van der Waals surface area (Å²) in [5, 5.41) is 18.3. The average Bonchev–Trinajstić information content (AvgIpc) is 3.40. The molecule has 1 aliphatic rings. The van der Waals surface area contributed by atoms with Crippen LogP contribution in [0, 0.1) is 0 Å². The second-order valence-corrected chi connectivity index (χ2v) is 10.3. The smallest absolute Gasteiger partial charge is 0.254 e. The van der Waals surface area contributed by atoms with Crippen LogP contribution in [0.4, 0.5) is 10.1 Å². The van der Waals surface area contributed by atoms with Crippen LogP contribution in [0.15, 0.2) is 34.7 Å². The number of fused-ring (bicyclic) bond motifs is 1. The number of hydrogen-bond donors (Lipinski definition) is 3. The molecule has 0 bridgehead atoms. The van der Waals surface area contributed by atoms with Gasteiger partial charge < -0.3 is 16.0 Å². The minimum absolute atomic E-state index is 0.131. The standard InChI is InChI=1S/C21H23N5O2S3/c1-22-20-25-26-21(31-20)29-12-16(27)24-19-17(14-9-5-6-10-15(14)30-19)18(28)23-11-13-7-3-2-4-8-13/h2-4,7-8H,5-6,9-12H2,1H3,(H,22,25)(H,23,28)(H,24,27). The van der Waals surface area contributed by atoms with Crippen molar-refractivity contribution in [1.29, 1.82) is 0 Å². The molecule has 1 aromatic carbocycles. The molecule has 0 saturated heterocycles. The summed E-state index contributed by atoms with van der Waals surface area (Å²) in [6.45, 7) is 0.457. The quantitative estimate of drug-likeness (QED) is 0.425. The van der Waals surface area contributed by atoms with Crippen molar-refractivity contribution >= 4 is 56.4 Å². The maximum atomic E-state index is 13.1. The third-order valence-corrected chi connectivity index (χ3v) is 8.18. The van der Waals surface area contributed by atoms with E-state index in [9.17, 15) is 9.59 Å². The molecule has 7 nitrogen and oxygen atoms in total. The fourth-order valence-electron chi connectivity index (χ4n) is 3.42. The van der Waals surface area contributed by atoms with Gasteiger partial charge in [-0.3, -0.25) is 9.59 Å². The molecule has 0 saturated carbocycles. The van der Waals surface area contributed by atoms with E-state index >= 15 is 0 Å². The third-order valence-electron chi connectivity index (χ3n) is 4.89. The number of rotatable bonds is 8. The second-order valence-electron chi connectivity index (χ2n) is 7.04. The lowest BCUT2D eigenvalue weighted by atomic mass is 9.95. The highest BCUT2D eigenvalue weighted by Gasteiger charge is 2.26. The second kappa shape index (κ2) is 10.3. The van der Waals surface area contributed by atoms with Gasteiger partial charge in [0.2, 0.25) is 11.0 Å². The Hall–Kier alpha value is -2.43. The van der Waals surface area contributed by atoms with Crippen molar-refractivity contribution in [3.63, 3.8) is 0 Å². The predicted octanol–water partition coefficient (Wildman–Crippen LogP) is 4.18. The Morgan fingerprint density at radius 2 is 1.90 bits per heavy atom. The monoisotopic (exact) mass is 473 g/mol. The lowest BCUT2D eigenvalue weighted by Crippen LogP contribution is -2.25. The van der Waals surface area contributed by atoms with Gasteiger partial charge in [0.1, 0.15) is 5.00 Å². The summed E-state index contributed by atoms with van der Waals surface area (Å²) in [6.07, 6.45) is 4.02. The van der Waals surface area contributed by atoms with Crippen LogP contribution >= 0.6 is 34.4 Å². The third kappa shape index (κ3) is 5.44. The van der Waals surface area contributed by atoms with Crippen LogP contribution in [0.5, 0.6) is 0 Å². The molecular weight excluding hydrogens is 450 g/mol. The molecule has 4 rings (SSSR count). The number of amides is 2. The number of benzene rings is 1. The Morgan fingerprint density at radius 3 is 2.68 bits per heavy atom. The van der Waals surface area contributed by atoms with Gasteiger partial charge in [-0.25, -0.2) is 0 Å². The van der Waals surface area contributed by atoms with Crippen LogP contribution in [-0.4, -0.2) is 34.8 Å². The van der Waals surface area contributed by atoms with Gasteiger partial charge in [0.05, 0.1) is 11.3 Å². The minimum atomic E-state index is -0.151. The summed E-state index contributed by atoms with van der Waals surface area (Å²) >= 11 is 4.27. The minimum Gasteiger partial charge on any atom is -0.363 e. The number of hydrogen-bond acceptors (Lipinski definition) is 8. The number of carbonyl (C=O) groups is 2. The van der Waals surface area contributed by atoms with E-state index in [4.69, 9.17) is 0 Å². The van der Waals surface area contributed by atoms with Crippen LogP contribution in [0.1, 0.15) is 39.2 Å². The van der Waals surface area contributed by atoms with E-state index in [0.29, 0.717) is 22.2 Å². The molecule has 0 aliphatic heterocycles. The molecular formula is C21H23N5O2S3. The average molecular weight is 474 g/mol. The van der Waals surface area contributed by atoms with Crippen molar-refractivity contribution in [2.75, 3.05) is 23.4 Å². The number of nitrogens with zero attached hydrogens (tertiary/aromatic N) is 2. The molecule has 3 aromatic rings. The number of nitrogens with one attached hydrogen (secondary N) is 3. The molecule has 0 fully saturated rings. The van der Waals surface area contributed by atoms with Gasteiger partial charge in [-0.2, -0.15) is 0 Å². The summed E-state index contributed by atoms with van der Waals surface area (Å²) < 4.78 is 0.728. The predicted molar refractivity (Wildman–Crippen MR) is 127 cm³/mol. The Morgan fingerprint density at radius 1 is 1.10 bits per heavy atom. The molecule has 31 heavy (non-hydrogen) atoms. The van der Waals surface area contributed by atoms with Gasteiger partial charge in [-0.05, 0) is 36.8 Å². The zero-order chi connectivity index (χ0) is 21.6. The highest BCUT2D eigenvalue weighted by molar-refractivity contribution is 8.01. The Bertz CT molecular complexity index is 1060. The summed E-state index contributed by atoms with van der Waals surface area (Å²) in [4.78, 5) is 26.9. The number of thiophene rings is 1. The highest BCUT2D eigenvalue weighted by atomic mass is 32.2. The van der Waals surface area contributed by atoms with E-state index < -0.39 is 0 Å². The zero-order valence-electron chi connectivity index (χ0n) is 17.1. The van der Waals surface area contributed by atoms with E-state index in [2.05, 4.69) is 26.1 Å². The van der Waals surface area contributed by atoms with E-state index in [1.807, 2.05) is 30.3 Å². The summed E-state index contributed by atoms with van der Waals surface area (Å²) in [5.41, 5.74) is 2.76. The van der Waals surface area contributed by atoms with E-state index in [0.717, 1.165) is 41.1 Å². The maximum Gasteiger partial charge on any atom is 0.254 e. The van der Waals surface area contributed by atoms with E-state index in [1.165, 1.54) is 39.3 Å². The number of aromatic nitrogens is 2. The maximum absolute atomic E-state index is 13.1. The first kappa shape index (κ1) is 21.8. The van der Waals surface area contributed by atoms with Gasteiger partial charge in [0.15, 0.2) is 4.34 Å². The topological polar surface area (TPSA) is 96.0 Å². The SMILES string of the molecule is CNc1nnc(SCC(=O)Nc2sc3c(c2C(=O)NCc2ccccc2)CCCC3)s1. The summed E-state index contributed by atoms with van der Waals surface area (Å²) in [7, 11) is 1.78. The van der Waals surface area contributed by atoms with Crippen molar-refractivity contribution < 1.29 is 9.59 Å². The van der Waals surface area contributed by atoms with Gasteiger partial charge in [-0.15, -0.1) is 21.5 Å². The highest BCUT2D eigenvalue weighted by Crippen LogP contribution is 2.38. The van der Waals surface area contributed by atoms with Gasteiger partial charge >= 0.3 is 0 Å². The molecule has 3 N–H and O–H groups in total. The van der Waals surface area contributed by atoms with Gasteiger partial charge in [0, 0.05) is 18.5 Å². The first-order chi connectivity index (χ1) is 15.1. The van der Waals surface area contributed by atoms with Crippen LogP contribution in [0.2, 0.25) is 0 Å². The molecule has 0 spiro atoms. The fourth-order valence-corrected chi connectivity index (χ4v) is 6.23. The molecule has 10 heteroatoms. The van der Waals surface area contributed by atoms with Crippen LogP contribution in [0.25, 0.3) is 0 Å². The first-order valence-corrected chi connectivity index (χ1v) is 12.7. The molecule has 0 unspecified atom stereocenters. The van der Waals surface area contributed by atoms with Crippen LogP contribution in [0.3, 0.4) is 0 Å². The van der Waals surface area contributed by atoms with E-state index in [-0.39, 0.29) is 17.6 Å². The molecule has 0 atom stereocenters. The Balaban J connectivity index is 1.45. The molecule has 2 aromatic heterocycles. The van der Waals surface area contributed by atoms with E-state index in [1.54, 1.807) is 7.05 Å². The number of thioether (sulfide) groups is 1. The number of carbonyl (C=O) groups excluding carboxylic acids is 2. The van der Waals surface area contributed by atoms with Crippen molar-refractivity contribution in [3.8, 4) is 0 Å². The summed E-state index contributed by atoms with van der Waals surface area (Å²) in [5.74, 6) is -0.0673. The zero-order valence-corrected chi connectivity index (χ0v) is 19.5. The Kier molecular flexibility index (Phi) is 7.21. The summed E-state index contributed by atoms with van der Waals surface area (Å²) in [6, 6.07) is 9.82. The molecule has 1 aliphatic carbocycles. The van der Waals surface area contributed by atoms with Crippen LogP contribution in [-0.2, 0) is 24.2 Å². The lowest BCUT2D eigenvalue weighted by Gasteiger charge is -2.13. The molecule has 2 amide bonds. The molecule has 2 heterocycles. The van der Waals surface area contributed by atoms with Crippen LogP contribution < -0.4 is 16.0 Å².